The predicted octanol–water partition coefficient (Wildman–Crippen LogP) is 5.64. The Bertz CT molecular complexity index is 1080. The number of aryl methyl sites for hydroxylation is 1. The Morgan fingerprint density at radius 1 is 0.933 bits per heavy atom. The molecule has 0 radical (unpaired) electrons. The molecule has 1 amide bonds. The summed E-state index contributed by atoms with van der Waals surface area (Å²) in [5, 5.41) is 3.00. The predicted molar refractivity (Wildman–Crippen MR) is 121 cm³/mol. The van der Waals surface area contributed by atoms with Gasteiger partial charge in [0.05, 0.1) is 0 Å². The smallest absolute Gasteiger partial charge is 0.255 e. The van der Waals surface area contributed by atoms with E-state index >= 15 is 0 Å². The van der Waals surface area contributed by atoms with Gasteiger partial charge in [-0.1, -0.05) is 42.0 Å². The van der Waals surface area contributed by atoms with Crippen molar-refractivity contribution in [2.24, 2.45) is 0 Å². The normalized spacial score (nSPS) is 13.0. The lowest BCUT2D eigenvalue weighted by Crippen LogP contribution is -2.17. The first-order valence-corrected chi connectivity index (χ1v) is 10.1. The first kappa shape index (κ1) is 20.0. The minimum Gasteiger partial charge on any atom is -0.322 e. The quantitative estimate of drug-likeness (QED) is 0.601. The van der Waals surface area contributed by atoms with Crippen LogP contribution in [0.3, 0.4) is 0 Å². The van der Waals surface area contributed by atoms with Crippen LogP contribution in [0.15, 0.2) is 72.3 Å². The Balaban J connectivity index is 1.45. The number of benzene rings is 3. The van der Waals surface area contributed by atoms with Gasteiger partial charge in [0.1, 0.15) is 5.82 Å². The maximum atomic E-state index is 13.1. The molecule has 0 aromatic heterocycles. The highest BCUT2D eigenvalue weighted by Gasteiger charge is 2.13. The molecule has 0 bridgehead atoms. The standard InChI is InChI=1S/C26H25FN2O/c1-29(2)17-18-3-4-23-16-25(14-11-22(23)15-18)28-26(30)21-7-5-19(6-8-21)20-9-12-24(27)13-10-20/h5-16H,3-4,17H2,1-2H3,(H,28,30). The highest BCUT2D eigenvalue weighted by atomic mass is 19.1. The number of nitrogens with one attached hydrogen (secondary N) is 1. The summed E-state index contributed by atoms with van der Waals surface area (Å²) in [6.45, 7) is 0.978. The van der Waals surface area contributed by atoms with Gasteiger partial charge < -0.3 is 10.2 Å². The van der Waals surface area contributed by atoms with Gasteiger partial charge in [-0.25, -0.2) is 4.39 Å². The Morgan fingerprint density at radius 2 is 1.60 bits per heavy atom. The number of hydrogen-bond donors (Lipinski definition) is 1. The molecule has 3 aromatic rings. The zero-order valence-electron chi connectivity index (χ0n) is 17.3. The molecule has 0 atom stereocenters. The molecule has 1 N–H and O–H groups in total. The van der Waals surface area contributed by atoms with Crippen LogP contribution in [0.25, 0.3) is 17.2 Å². The number of rotatable bonds is 5. The van der Waals surface area contributed by atoms with E-state index in [1.165, 1.54) is 28.8 Å². The van der Waals surface area contributed by atoms with Crippen molar-refractivity contribution in [1.29, 1.82) is 0 Å². The fourth-order valence-electron chi connectivity index (χ4n) is 3.82. The lowest BCUT2D eigenvalue weighted by atomic mass is 9.91. The molecule has 30 heavy (non-hydrogen) atoms. The SMILES string of the molecule is CN(C)CC1=Cc2ccc(NC(=O)c3ccc(-c4ccc(F)cc4)cc3)cc2CC1. The highest BCUT2D eigenvalue weighted by Crippen LogP contribution is 2.27. The van der Waals surface area contributed by atoms with Crippen LogP contribution in [0.5, 0.6) is 0 Å². The summed E-state index contributed by atoms with van der Waals surface area (Å²) in [6, 6.07) is 19.8. The molecule has 0 saturated heterocycles. The number of fused-ring (bicyclic) bond motifs is 1. The molecule has 0 unspecified atom stereocenters. The molecule has 152 valence electrons. The zero-order chi connectivity index (χ0) is 21.1. The topological polar surface area (TPSA) is 32.3 Å². The fourth-order valence-corrected chi connectivity index (χ4v) is 3.82. The molecule has 0 aliphatic heterocycles. The highest BCUT2D eigenvalue weighted by molar-refractivity contribution is 6.04. The Morgan fingerprint density at radius 3 is 2.27 bits per heavy atom. The fraction of sp³-hybridized carbons (Fsp3) is 0.192. The molecule has 1 aliphatic rings. The Hall–Kier alpha value is -3.24. The zero-order valence-corrected chi connectivity index (χ0v) is 17.3. The van der Waals surface area contributed by atoms with Crippen molar-refractivity contribution in [1.82, 2.24) is 4.90 Å². The molecule has 3 nitrogen and oxygen atoms in total. The van der Waals surface area contributed by atoms with Crippen molar-refractivity contribution < 1.29 is 9.18 Å². The number of anilines is 1. The summed E-state index contributed by atoms with van der Waals surface area (Å²) in [7, 11) is 4.17. The summed E-state index contributed by atoms with van der Waals surface area (Å²) in [6.07, 6.45) is 4.30. The number of carbonyl (C=O) groups is 1. The van der Waals surface area contributed by atoms with E-state index < -0.39 is 0 Å². The van der Waals surface area contributed by atoms with Gasteiger partial charge in [0.2, 0.25) is 0 Å². The van der Waals surface area contributed by atoms with E-state index in [0.717, 1.165) is 36.2 Å². The van der Waals surface area contributed by atoms with E-state index in [1.54, 1.807) is 24.3 Å². The largest absolute Gasteiger partial charge is 0.322 e. The number of amides is 1. The van der Waals surface area contributed by atoms with Crippen molar-refractivity contribution >= 4 is 17.7 Å². The van der Waals surface area contributed by atoms with Gasteiger partial charge >= 0.3 is 0 Å². The van der Waals surface area contributed by atoms with E-state index in [4.69, 9.17) is 0 Å². The lowest BCUT2D eigenvalue weighted by molar-refractivity contribution is 0.102. The molecular weight excluding hydrogens is 375 g/mol. The third kappa shape index (κ3) is 4.66. The van der Waals surface area contributed by atoms with Crippen LogP contribution in [0.4, 0.5) is 10.1 Å². The maximum Gasteiger partial charge on any atom is 0.255 e. The van der Waals surface area contributed by atoms with Crippen LogP contribution in [-0.2, 0) is 6.42 Å². The molecular formula is C26H25FN2O. The molecule has 4 rings (SSSR count). The molecule has 0 spiro atoms. The van der Waals surface area contributed by atoms with Crippen molar-refractivity contribution in [3.63, 3.8) is 0 Å². The average Bonchev–Trinajstić information content (AvgIpc) is 2.74. The summed E-state index contributed by atoms with van der Waals surface area (Å²) in [5.74, 6) is -0.399. The van der Waals surface area contributed by atoms with Gasteiger partial charge in [0, 0.05) is 17.8 Å². The van der Waals surface area contributed by atoms with Gasteiger partial charge in [-0.3, -0.25) is 4.79 Å². The van der Waals surface area contributed by atoms with E-state index in [2.05, 4.69) is 42.5 Å². The Kier molecular flexibility index (Phi) is 5.77. The lowest BCUT2D eigenvalue weighted by Gasteiger charge is -2.20. The van der Waals surface area contributed by atoms with E-state index in [-0.39, 0.29) is 11.7 Å². The second kappa shape index (κ2) is 8.64. The van der Waals surface area contributed by atoms with Crippen LogP contribution >= 0.6 is 0 Å². The van der Waals surface area contributed by atoms with Crippen LogP contribution in [-0.4, -0.2) is 31.4 Å². The minimum atomic E-state index is -0.260. The Labute approximate surface area is 176 Å². The number of likely N-dealkylation sites (N-methyl/N-ethyl adjacent to an activating group) is 1. The number of nitrogens with zero attached hydrogens (tertiary/aromatic N) is 1. The van der Waals surface area contributed by atoms with Crippen molar-refractivity contribution in [3.8, 4) is 11.1 Å². The van der Waals surface area contributed by atoms with Crippen LogP contribution in [0.2, 0.25) is 0 Å². The minimum absolute atomic E-state index is 0.139. The number of hydrogen-bond acceptors (Lipinski definition) is 2. The van der Waals surface area contributed by atoms with Crippen molar-refractivity contribution in [2.45, 2.75) is 12.8 Å². The number of halogens is 1. The van der Waals surface area contributed by atoms with Gasteiger partial charge in [-0.2, -0.15) is 0 Å². The van der Waals surface area contributed by atoms with Crippen molar-refractivity contribution in [3.05, 3.63) is 94.8 Å². The van der Waals surface area contributed by atoms with Gasteiger partial charge in [0.15, 0.2) is 0 Å². The van der Waals surface area contributed by atoms with Crippen LogP contribution in [0, 0.1) is 5.82 Å². The monoisotopic (exact) mass is 400 g/mol. The first-order chi connectivity index (χ1) is 14.5. The summed E-state index contributed by atoms with van der Waals surface area (Å²) in [5.41, 5.74) is 7.20. The third-order valence-electron chi connectivity index (χ3n) is 5.32. The summed E-state index contributed by atoms with van der Waals surface area (Å²) < 4.78 is 13.1. The average molecular weight is 400 g/mol. The summed E-state index contributed by atoms with van der Waals surface area (Å²) >= 11 is 0. The number of carbonyl (C=O) groups excluding carboxylic acids is 1. The van der Waals surface area contributed by atoms with E-state index in [0.29, 0.717) is 5.56 Å². The van der Waals surface area contributed by atoms with Crippen molar-refractivity contribution in [2.75, 3.05) is 26.0 Å². The van der Waals surface area contributed by atoms with Crippen LogP contribution in [0.1, 0.15) is 27.9 Å². The van der Waals surface area contributed by atoms with Crippen LogP contribution < -0.4 is 5.32 Å². The van der Waals surface area contributed by atoms with E-state index in [9.17, 15) is 9.18 Å². The molecule has 0 heterocycles. The van der Waals surface area contributed by atoms with Gasteiger partial charge in [0.25, 0.3) is 5.91 Å². The molecule has 0 fully saturated rings. The first-order valence-electron chi connectivity index (χ1n) is 10.1. The second-order valence-corrected chi connectivity index (χ2v) is 7.99. The molecule has 4 heteroatoms. The molecule has 1 aliphatic carbocycles. The van der Waals surface area contributed by atoms with Gasteiger partial charge in [-0.15, -0.1) is 0 Å². The van der Waals surface area contributed by atoms with Gasteiger partial charge in [-0.05, 0) is 85.6 Å². The third-order valence-corrected chi connectivity index (χ3v) is 5.32. The molecule has 3 aromatic carbocycles. The molecule has 0 saturated carbocycles. The maximum absolute atomic E-state index is 13.1. The summed E-state index contributed by atoms with van der Waals surface area (Å²) in [4.78, 5) is 14.9. The second-order valence-electron chi connectivity index (χ2n) is 7.99. The van der Waals surface area contributed by atoms with E-state index in [1.807, 2.05) is 18.2 Å².